The van der Waals surface area contributed by atoms with Gasteiger partial charge in [0.15, 0.2) is 0 Å². The van der Waals surface area contributed by atoms with E-state index in [4.69, 9.17) is 5.73 Å². The normalized spacial score (nSPS) is 10.8. The highest BCUT2D eigenvalue weighted by molar-refractivity contribution is 5.30. The Labute approximate surface area is 69.2 Å². The lowest BCUT2D eigenvalue weighted by atomic mass is 10.2. The van der Waals surface area contributed by atoms with Gasteiger partial charge in [-0.2, -0.15) is 10.1 Å². The molecule has 5 nitrogen and oxygen atoms in total. The zero-order valence-electron chi connectivity index (χ0n) is 6.73. The fraction of sp³-hybridized carbons (Fsp3) is 0.286. The Morgan fingerprint density at radius 2 is 2.42 bits per heavy atom. The molecule has 2 rings (SSSR count). The molecule has 12 heavy (non-hydrogen) atoms. The summed E-state index contributed by atoms with van der Waals surface area (Å²) in [6.07, 6.45) is 3.33. The van der Waals surface area contributed by atoms with Crippen molar-refractivity contribution in [3.8, 4) is 0 Å². The van der Waals surface area contributed by atoms with Crippen molar-refractivity contribution in [2.45, 2.75) is 13.5 Å². The predicted octanol–water partition coefficient (Wildman–Crippen LogP) is -0.109. The van der Waals surface area contributed by atoms with Gasteiger partial charge in [-0.15, -0.1) is 0 Å². The van der Waals surface area contributed by atoms with Crippen molar-refractivity contribution >= 4 is 5.78 Å². The van der Waals surface area contributed by atoms with E-state index in [0.29, 0.717) is 12.3 Å². The highest BCUT2D eigenvalue weighted by Crippen LogP contribution is 2.04. The molecule has 0 fully saturated rings. The van der Waals surface area contributed by atoms with Gasteiger partial charge in [-0.1, -0.05) is 0 Å². The quantitative estimate of drug-likeness (QED) is 0.637. The molecule has 0 spiro atoms. The molecule has 0 aromatic carbocycles. The summed E-state index contributed by atoms with van der Waals surface area (Å²) in [5.41, 5.74) is 7.42. The molecule has 2 N–H and O–H groups in total. The van der Waals surface area contributed by atoms with E-state index >= 15 is 0 Å². The molecule has 0 bridgehead atoms. The number of hydrogen-bond acceptors (Lipinski definition) is 4. The van der Waals surface area contributed by atoms with Crippen LogP contribution in [0.2, 0.25) is 0 Å². The second-order valence-electron chi connectivity index (χ2n) is 2.56. The lowest BCUT2D eigenvalue weighted by Gasteiger charge is -2.00. The Kier molecular flexibility index (Phi) is 1.51. The molecule has 5 heteroatoms. The van der Waals surface area contributed by atoms with Crippen LogP contribution in [0.25, 0.3) is 5.78 Å². The number of nitrogens with zero attached hydrogens (tertiary/aromatic N) is 4. The second kappa shape index (κ2) is 2.53. The first kappa shape index (κ1) is 7.17. The Morgan fingerprint density at radius 3 is 3.17 bits per heavy atom. The zero-order chi connectivity index (χ0) is 8.55. The summed E-state index contributed by atoms with van der Waals surface area (Å²) < 4.78 is 1.62. The molecule has 62 valence electrons. The molecule has 2 aromatic heterocycles. The monoisotopic (exact) mass is 163 g/mol. The fourth-order valence-corrected chi connectivity index (χ4v) is 1.08. The molecular weight excluding hydrogens is 154 g/mol. The van der Waals surface area contributed by atoms with Gasteiger partial charge in [0.25, 0.3) is 5.78 Å². The zero-order valence-corrected chi connectivity index (χ0v) is 6.73. The van der Waals surface area contributed by atoms with Crippen LogP contribution in [-0.2, 0) is 6.54 Å². The lowest BCUT2D eigenvalue weighted by molar-refractivity contribution is 0.885. The molecular formula is C7H9N5. The van der Waals surface area contributed by atoms with Crippen LogP contribution in [0.5, 0.6) is 0 Å². The average molecular weight is 163 g/mol. The number of rotatable bonds is 1. The van der Waals surface area contributed by atoms with Crippen LogP contribution in [0, 0.1) is 6.92 Å². The molecule has 0 aliphatic carbocycles. The minimum absolute atomic E-state index is 0.481. The van der Waals surface area contributed by atoms with E-state index in [9.17, 15) is 0 Å². The van der Waals surface area contributed by atoms with Crippen molar-refractivity contribution in [1.29, 1.82) is 0 Å². The van der Waals surface area contributed by atoms with Crippen LogP contribution in [0.4, 0.5) is 0 Å². The molecule has 0 amide bonds. The summed E-state index contributed by atoms with van der Waals surface area (Å²) in [6, 6.07) is 0. The molecule has 0 aliphatic heterocycles. The third-order valence-electron chi connectivity index (χ3n) is 1.78. The first-order valence-corrected chi connectivity index (χ1v) is 3.67. The lowest BCUT2D eigenvalue weighted by Crippen LogP contribution is -2.04. The van der Waals surface area contributed by atoms with Gasteiger partial charge in [-0.25, -0.2) is 9.50 Å². The summed E-state index contributed by atoms with van der Waals surface area (Å²) in [4.78, 5) is 8.17. The van der Waals surface area contributed by atoms with Gasteiger partial charge in [-0.3, -0.25) is 0 Å². The smallest absolute Gasteiger partial charge is 0.252 e. The minimum Gasteiger partial charge on any atom is -0.326 e. The maximum Gasteiger partial charge on any atom is 0.252 e. The summed E-state index contributed by atoms with van der Waals surface area (Å²) in [5, 5.41) is 3.96. The van der Waals surface area contributed by atoms with E-state index in [2.05, 4.69) is 15.1 Å². The third kappa shape index (κ3) is 0.947. The van der Waals surface area contributed by atoms with E-state index in [1.165, 1.54) is 6.33 Å². The van der Waals surface area contributed by atoms with Gasteiger partial charge in [0, 0.05) is 24.0 Å². The topological polar surface area (TPSA) is 69.1 Å². The Hall–Kier alpha value is -1.49. The Bertz CT molecular complexity index is 405. The van der Waals surface area contributed by atoms with Crippen molar-refractivity contribution < 1.29 is 0 Å². The van der Waals surface area contributed by atoms with Crippen LogP contribution < -0.4 is 5.73 Å². The summed E-state index contributed by atoms with van der Waals surface area (Å²) in [5.74, 6) is 0.615. The van der Waals surface area contributed by atoms with Crippen molar-refractivity contribution in [2.75, 3.05) is 0 Å². The van der Waals surface area contributed by atoms with E-state index in [-0.39, 0.29) is 0 Å². The summed E-state index contributed by atoms with van der Waals surface area (Å²) in [6.45, 7) is 2.39. The average Bonchev–Trinajstić information content (AvgIpc) is 2.49. The second-order valence-corrected chi connectivity index (χ2v) is 2.56. The highest BCUT2D eigenvalue weighted by atomic mass is 15.3. The van der Waals surface area contributed by atoms with Crippen LogP contribution in [0.15, 0.2) is 12.5 Å². The predicted molar refractivity (Wildman–Crippen MR) is 43.4 cm³/mol. The molecule has 2 heterocycles. The van der Waals surface area contributed by atoms with Crippen LogP contribution >= 0.6 is 0 Å². The number of fused-ring (bicyclic) bond motifs is 1. The first-order chi connectivity index (χ1) is 5.81. The highest BCUT2D eigenvalue weighted by Gasteiger charge is 2.01. The van der Waals surface area contributed by atoms with E-state index in [1.54, 1.807) is 4.52 Å². The first-order valence-electron chi connectivity index (χ1n) is 3.67. The van der Waals surface area contributed by atoms with Crippen LogP contribution in [0.1, 0.15) is 11.3 Å². The SMILES string of the molecule is Cc1nc2ncnn2cc1CN. The molecule has 0 unspecified atom stereocenters. The molecule has 0 saturated carbocycles. The summed E-state index contributed by atoms with van der Waals surface area (Å²) >= 11 is 0. The van der Waals surface area contributed by atoms with Crippen LogP contribution in [-0.4, -0.2) is 19.6 Å². The molecule has 0 aliphatic rings. The molecule has 0 atom stereocenters. The van der Waals surface area contributed by atoms with Gasteiger partial charge in [0.2, 0.25) is 0 Å². The molecule has 2 aromatic rings. The van der Waals surface area contributed by atoms with Crippen molar-refractivity contribution in [3.63, 3.8) is 0 Å². The number of nitrogens with two attached hydrogens (primary N) is 1. The van der Waals surface area contributed by atoms with Gasteiger partial charge in [0.05, 0.1) is 0 Å². The van der Waals surface area contributed by atoms with Crippen molar-refractivity contribution in [3.05, 3.63) is 23.8 Å². The summed E-state index contributed by atoms with van der Waals surface area (Å²) in [7, 11) is 0. The van der Waals surface area contributed by atoms with E-state index < -0.39 is 0 Å². The van der Waals surface area contributed by atoms with Crippen molar-refractivity contribution in [1.82, 2.24) is 19.6 Å². The van der Waals surface area contributed by atoms with E-state index in [0.717, 1.165) is 11.3 Å². The van der Waals surface area contributed by atoms with Gasteiger partial charge >= 0.3 is 0 Å². The fourth-order valence-electron chi connectivity index (χ4n) is 1.08. The maximum atomic E-state index is 5.51. The van der Waals surface area contributed by atoms with E-state index in [1.807, 2.05) is 13.1 Å². The molecule has 0 radical (unpaired) electrons. The number of hydrogen-bond donors (Lipinski definition) is 1. The molecule has 0 saturated heterocycles. The number of aromatic nitrogens is 4. The Balaban J connectivity index is 2.73. The van der Waals surface area contributed by atoms with Gasteiger partial charge in [-0.05, 0) is 6.92 Å². The standard InChI is InChI=1S/C7H9N5/c1-5-6(2-8)3-12-7(11-5)9-4-10-12/h3-4H,2,8H2,1H3. The maximum absolute atomic E-state index is 5.51. The minimum atomic E-state index is 0.481. The van der Waals surface area contributed by atoms with Gasteiger partial charge in [0.1, 0.15) is 6.33 Å². The number of aryl methyl sites for hydroxylation is 1. The third-order valence-corrected chi connectivity index (χ3v) is 1.78. The van der Waals surface area contributed by atoms with Crippen LogP contribution in [0.3, 0.4) is 0 Å². The largest absolute Gasteiger partial charge is 0.326 e. The van der Waals surface area contributed by atoms with Crippen molar-refractivity contribution in [2.24, 2.45) is 5.73 Å². The van der Waals surface area contributed by atoms with Gasteiger partial charge < -0.3 is 5.73 Å². The Morgan fingerprint density at radius 1 is 1.58 bits per heavy atom.